The molecule has 0 atom stereocenters. The van der Waals surface area contributed by atoms with Gasteiger partial charge in [-0.15, -0.1) is 0 Å². The normalized spacial score (nSPS) is 10.3. The van der Waals surface area contributed by atoms with E-state index in [0.717, 1.165) is 6.42 Å². The summed E-state index contributed by atoms with van der Waals surface area (Å²) in [7, 11) is 0. The monoisotopic (exact) mass is 295 g/mol. The van der Waals surface area contributed by atoms with E-state index in [1.54, 1.807) is 12.1 Å². The molecule has 0 aliphatic carbocycles. The molecule has 20 heavy (non-hydrogen) atoms. The van der Waals surface area contributed by atoms with Crippen molar-refractivity contribution in [3.05, 3.63) is 41.2 Å². The molecule has 0 saturated carbocycles. The summed E-state index contributed by atoms with van der Waals surface area (Å²) in [6, 6.07) is 7.56. The first kappa shape index (κ1) is 14.4. The smallest absolute Gasteiger partial charge is 0.239 e. The molecule has 0 spiro atoms. The number of benzene rings is 1. The lowest BCUT2D eigenvalue weighted by Gasteiger charge is -2.11. The van der Waals surface area contributed by atoms with Gasteiger partial charge in [0, 0.05) is 5.02 Å². The van der Waals surface area contributed by atoms with Crippen molar-refractivity contribution in [1.29, 1.82) is 0 Å². The fraction of sp³-hybridized carbons (Fsp3) is 0.214. The van der Waals surface area contributed by atoms with Gasteiger partial charge in [0.15, 0.2) is 0 Å². The van der Waals surface area contributed by atoms with E-state index in [0.29, 0.717) is 29.0 Å². The summed E-state index contributed by atoms with van der Waals surface area (Å²) < 4.78 is 19.1. The first-order chi connectivity index (χ1) is 9.60. The van der Waals surface area contributed by atoms with Crippen LogP contribution in [0.15, 0.2) is 30.3 Å². The van der Waals surface area contributed by atoms with Gasteiger partial charge in [0.2, 0.25) is 5.88 Å². The Morgan fingerprint density at radius 2 is 2.15 bits per heavy atom. The topological polar surface area (TPSA) is 60.2 Å². The molecule has 1 heterocycles. The fourth-order valence-electron chi connectivity index (χ4n) is 1.57. The molecule has 0 aliphatic heterocycles. The van der Waals surface area contributed by atoms with Crippen LogP contribution in [0.25, 0.3) is 0 Å². The van der Waals surface area contributed by atoms with Gasteiger partial charge in [0.05, 0.1) is 18.0 Å². The zero-order valence-corrected chi connectivity index (χ0v) is 11.7. The highest BCUT2D eigenvalue weighted by Gasteiger charge is 2.07. The van der Waals surface area contributed by atoms with Crippen LogP contribution in [0.2, 0.25) is 5.02 Å². The summed E-state index contributed by atoms with van der Waals surface area (Å²) in [6.45, 7) is 2.51. The van der Waals surface area contributed by atoms with Gasteiger partial charge in [-0.2, -0.15) is 4.98 Å². The number of nitrogens with zero attached hydrogens (tertiary/aromatic N) is 1. The molecule has 3 N–H and O–H groups in total. The van der Waals surface area contributed by atoms with Crippen LogP contribution in [0, 0.1) is 5.82 Å². The van der Waals surface area contributed by atoms with Crippen LogP contribution in [0.4, 0.5) is 21.6 Å². The number of anilines is 3. The number of ether oxygens (including phenoxy) is 1. The summed E-state index contributed by atoms with van der Waals surface area (Å²) >= 11 is 5.84. The Bertz CT molecular complexity index is 607. The van der Waals surface area contributed by atoms with Crippen molar-refractivity contribution in [1.82, 2.24) is 4.98 Å². The van der Waals surface area contributed by atoms with Crippen molar-refractivity contribution in [2.24, 2.45) is 0 Å². The lowest BCUT2D eigenvalue weighted by Crippen LogP contribution is -2.04. The summed E-state index contributed by atoms with van der Waals surface area (Å²) in [6.07, 6.45) is 0.849. The highest BCUT2D eigenvalue weighted by molar-refractivity contribution is 6.30. The minimum atomic E-state index is -0.413. The molecule has 4 nitrogen and oxygen atoms in total. The molecule has 106 valence electrons. The second kappa shape index (κ2) is 6.43. The van der Waals surface area contributed by atoms with Crippen LogP contribution >= 0.6 is 11.6 Å². The van der Waals surface area contributed by atoms with Gasteiger partial charge < -0.3 is 15.8 Å². The molecule has 0 saturated heterocycles. The molecule has 6 heteroatoms. The van der Waals surface area contributed by atoms with Crippen molar-refractivity contribution in [3.63, 3.8) is 0 Å². The van der Waals surface area contributed by atoms with E-state index < -0.39 is 5.82 Å². The zero-order chi connectivity index (χ0) is 14.5. The molecule has 0 aliphatic rings. The molecule has 0 bridgehead atoms. The van der Waals surface area contributed by atoms with E-state index in [-0.39, 0.29) is 5.69 Å². The van der Waals surface area contributed by atoms with Gasteiger partial charge in [0.1, 0.15) is 11.6 Å². The largest absolute Gasteiger partial charge is 0.476 e. The third-order valence-electron chi connectivity index (χ3n) is 2.52. The summed E-state index contributed by atoms with van der Waals surface area (Å²) in [5.41, 5.74) is 6.45. The van der Waals surface area contributed by atoms with Gasteiger partial charge in [-0.1, -0.05) is 18.5 Å². The number of aromatic nitrogens is 1. The predicted molar refractivity (Wildman–Crippen MR) is 79.1 cm³/mol. The number of pyridine rings is 1. The van der Waals surface area contributed by atoms with Gasteiger partial charge in [-0.3, -0.25) is 0 Å². The lowest BCUT2D eigenvalue weighted by molar-refractivity contribution is 0.307. The maximum atomic E-state index is 13.6. The number of hydrogen-bond donors (Lipinski definition) is 2. The minimum Gasteiger partial charge on any atom is -0.476 e. The minimum absolute atomic E-state index is 0.246. The van der Waals surface area contributed by atoms with Crippen LogP contribution in [0.5, 0.6) is 5.88 Å². The maximum Gasteiger partial charge on any atom is 0.239 e. The van der Waals surface area contributed by atoms with Crippen molar-refractivity contribution >= 4 is 28.8 Å². The first-order valence-electron chi connectivity index (χ1n) is 6.21. The average molecular weight is 296 g/mol. The second-order valence-corrected chi connectivity index (χ2v) is 4.62. The Morgan fingerprint density at radius 1 is 1.35 bits per heavy atom. The predicted octanol–water partition coefficient (Wildman–Crippen LogP) is 3.99. The zero-order valence-electron chi connectivity index (χ0n) is 11.0. The SMILES string of the molecule is CCCOc1nc(Nc2cc(Cl)ccc2F)ccc1N. The van der Waals surface area contributed by atoms with Crippen molar-refractivity contribution in [2.75, 3.05) is 17.7 Å². The third kappa shape index (κ3) is 3.51. The van der Waals surface area contributed by atoms with Crippen LogP contribution in [-0.4, -0.2) is 11.6 Å². The van der Waals surface area contributed by atoms with Crippen LogP contribution in [0.3, 0.4) is 0 Å². The average Bonchev–Trinajstić information content (AvgIpc) is 2.43. The van der Waals surface area contributed by atoms with E-state index in [2.05, 4.69) is 10.3 Å². The highest BCUT2D eigenvalue weighted by atomic mass is 35.5. The van der Waals surface area contributed by atoms with Crippen molar-refractivity contribution < 1.29 is 9.13 Å². The van der Waals surface area contributed by atoms with Gasteiger partial charge >= 0.3 is 0 Å². The molecule has 2 rings (SSSR count). The number of nitrogens with one attached hydrogen (secondary N) is 1. The Balaban J connectivity index is 2.22. The van der Waals surface area contributed by atoms with E-state index in [1.165, 1.54) is 18.2 Å². The van der Waals surface area contributed by atoms with Crippen molar-refractivity contribution in [3.8, 4) is 5.88 Å². The number of halogens is 2. The molecular formula is C14H15ClFN3O. The lowest BCUT2D eigenvalue weighted by atomic mass is 10.3. The highest BCUT2D eigenvalue weighted by Crippen LogP contribution is 2.26. The van der Waals surface area contributed by atoms with Crippen LogP contribution in [-0.2, 0) is 0 Å². The number of hydrogen-bond acceptors (Lipinski definition) is 4. The summed E-state index contributed by atoms with van der Waals surface area (Å²) in [4.78, 5) is 4.21. The molecule has 1 aromatic carbocycles. The Morgan fingerprint density at radius 3 is 2.90 bits per heavy atom. The van der Waals surface area contributed by atoms with E-state index >= 15 is 0 Å². The Kier molecular flexibility index (Phi) is 4.63. The number of nitrogens with two attached hydrogens (primary N) is 1. The van der Waals surface area contributed by atoms with Gasteiger partial charge in [0.25, 0.3) is 0 Å². The van der Waals surface area contributed by atoms with E-state index in [4.69, 9.17) is 22.1 Å². The summed E-state index contributed by atoms with van der Waals surface area (Å²) in [5.74, 6) is 0.356. The summed E-state index contributed by atoms with van der Waals surface area (Å²) in [5, 5.41) is 3.29. The second-order valence-electron chi connectivity index (χ2n) is 4.19. The van der Waals surface area contributed by atoms with Crippen molar-refractivity contribution in [2.45, 2.75) is 13.3 Å². The molecule has 1 aromatic heterocycles. The first-order valence-corrected chi connectivity index (χ1v) is 6.59. The standard InChI is InChI=1S/C14H15ClFN3O/c1-2-7-20-14-11(17)5-6-13(19-14)18-12-8-9(15)3-4-10(12)16/h3-6,8H,2,7,17H2,1H3,(H,18,19). The molecular weight excluding hydrogens is 281 g/mol. The quantitative estimate of drug-likeness (QED) is 0.875. The number of nitrogen functional groups attached to an aromatic ring is 1. The van der Waals surface area contributed by atoms with Gasteiger partial charge in [-0.25, -0.2) is 4.39 Å². The molecule has 0 amide bonds. The molecule has 0 unspecified atom stereocenters. The third-order valence-corrected chi connectivity index (χ3v) is 2.76. The van der Waals surface area contributed by atoms with Crippen LogP contribution in [0.1, 0.15) is 13.3 Å². The molecule has 0 radical (unpaired) electrons. The molecule has 2 aromatic rings. The van der Waals surface area contributed by atoms with E-state index in [9.17, 15) is 4.39 Å². The van der Waals surface area contributed by atoms with Gasteiger partial charge in [-0.05, 0) is 36.8 Å². The maximum absolute atomic E-state index is 13.6. The number of rotatable bonds is 5. The van der Waals surface area contributed by atoms with Crippen LogP contribution < -0.4 is 15.8 Å². The Labute approximate surface area is 121 Å². The fourth-order valence-corrected chi connectivity index (χ4v) is 1.74. The van der Waals surface area contributed by atoms with E-state index in [1.807, 2.05) is 6.92 Å². The Hall–Kier alpha value is -2.01. The molecule has 0 fully saturated rings.